The minimum atomic E-state index is -0.751. The SMILES string of the molecule is COCCOCCOc1ccc(-c2cc(C(N)=O)c(NC(N)=O)s2)cc1C. The second kappa shape index (κ2) is 9.91. The number of anilines is 1. The average Bonchev–Trinajstić information content (AvgIpc) is 3.02. The number of urea groups is 1. The van der Waals surface area contributed by atoms with Gasteiger partial charge in [-0.05, 0) is 42.3 Å². The third kappa shape index (κ3) is 5.95. The third-order valence-electron chi connectivity index (χ3n) is 3.61. The summed E-state index contributed by atoms with van der Waals surface area (Å²) in [7, 11) is 1.62. The Balaban J connectivity index is 2.08. The Morgan fingerprint density at radius 3 is 2.48 bits per heavy atom. The maximum absolute atomic E-state index is 11.6. The fraction of sp³-hybridized carbons (Fsp3) is 0.333. The van der Waals surface area contributed by atoms with Crippen LogP contribution in [0.2, 0.25) is 0 Å². The number of hydrogen-bond acceptors (Lipinski definition) is 6. The zero-order valence-corrected chi connectivity index (χ0v) is 16.1. The molecule has 2 rings (SSSR count). The van der Waals surface area contributed by atoms with Crippen LogP contribution in [-0.4, -0.2) is 45.5 Å². The number of aryl methyl sites for hydroxylation is 1. The lowest BCUT2D eigenvalue weighted by molar-refractivity contribution is 0.0543. The topological polar surface area (TPSA) is 126 Å². The van der Waals surface area contributed by atoms with Gasteiger partial charge in [0.25, 0.3) is 5.91 Å². The van der Waals surface area contributed by atoms with Gasteiger partial charge in [-0.2, -0.15) is 0 Å². The number of carbonyl (C=O) groups is 2. The van der Waals surface area contributed by atoms with E-state index in [2.05, 4.69) is 5.32 Å². The molecule has 1 aromatic carbocycles. The van der Waals surface area contributed by atoms with Gasteiger partial charge in [-0.3, -0.25) is 10.1 Å². The molecule has 0 atom stereocenters. The monoisotopic (exact) mass is 393 g/mol. The molecule has 9 heteroatoms. The van der Waals surface area contributed by atoms with Gasteiger partial charge >= 0.3 is 6.03 Å². The van der Waals surface area contributed by atoms with Crippen molar-refractivity contribution in [1.82, 2.24) is 0 Å². The molecule has 1 aromatic heterocycles. The van der Waals surface area contributed by atoms with Crippen molar-refractivity contribution in [2.75, 3.05) is 38.9 Å². The van der Waals surface area contributed by atoms with Gasteiger partial charge in [0, 0.05) is 12.0 Å². The lowest BCUT2D eigenvalue weighted by Gasteiger charge is -2.10. The van der Waals surface area contributed by atoms with Gasteiger partial charge in [0.05, 0.1) is 25.4 Å². The van der Waals surface area contributed by atoms with Gasteiger partial charge in [0.2, 0.25) is 0 Å². The van der Waals surface area contributed by atoms with Crippen molar-refractivity contribution < 1.29 is 23.8 Å². The summed E-state index contributed by atoms with van der Waals surface area (Å²) in [4.78, 5) is 23.5. The van der Waals surface area contributed by atoms with Gasteiger partial charge in [-0.1, -0.05) is 0 Å². The lowest BCUT2D eigenvalue weighted by Crippen LogP contribution is -2.21. The van der Waals surface area contributed by atoms with Gasteiger partial charge in [0.15, 0.2) is 0 Å². The number of primary amides is 2. The minimum Gasteiger partial charge on any atom is -0.491 e. The fourth-order valence-corrected chi connectivity index (χ4v) is 3.40. The predicted molar refractivity (Wildman–Crippen MR) is 104 cm³/mol. The van der Waals surface area contributed by atoms with Crippen LogP contribution in [0.4, 0.5) is 9.80 Å². The van der Waals surface area contributed by atoms with Crippen LogP contribution >= 0.6 is 11.3 Å². The highest BCUT2D eigenvalue weighted by atomic mass is 32.1. The zero-order chi connectivity index (χ0) is 19.8. The van der Waals surface area contributed by atoms with E-state index in [-0.39, 0.29) is 5.56 Å². The normalized spacial score (nSPS) is 10.6. The smallest absolute Gasteiger partial charge is 0.317 e. The van der Waals surface area contributed by atoms with E-state index in [4.69, 9.17) is 25.7 Å². The Morgan fingerprint density at radius 1 is 1.11 bits per heavy atom. The van der Waals surface area contributed by atoms with Crippen molar-refractivity contribution in [3.63, 3.8) is 0 Å². The van der Waals surface area contributed by atoms with Crippen molar-refractivity contribution in [2.24, 2.45) is 11.5 Å². The maximum atomic E-state index is 11.6. The molecule has 0 radical (unpaired) electrons. The molecule has 0 bridgehead atoms. The second-order valence-corrected chi connectivity index (χ2v) is 6.69. The van der Waals surface area contributed by atoms with Crippen LogP contribution in [0.1, 0.15) is 15.9 Å². The number of rotatable bonds is 10. The number of ether oxygens (including phenoxy) is 3. The van der Waals surface area contributed by atoms with Crippen LogP contribution in [0.15, 0.2) is 24.3 Å². The molecule has 0 saturated heterocycles. The summed E-state index contributed by atoms with van der Waals surface area (Å²) in [6.45, 7) is 3.91. The minimum absolute atomic E-state index is 0.222. The summed E-state index contributed by atoms with van der Waals surface area (Å²) < 4.78 is 16.0. The lowest BCUT2D eigenvalue weighted by atomic mass is 10.1. The highest BCUT2D eigenvalue weighted by Crippen LogP contribution is 2.36. The molecule has 3 amide bonds. The van der Waals surface area contributed by atoms with Crippen molar-refractivity contribution in [2.45, 2.75) is 6.92 Å². The van der Waals surface area contributed by atoms with E-state index in [0.29, 0.717) is 31.4 Å². The Hall–Kier alpha value is -2.62. The molecule has 0 fully saturated rings. The van der Waals surface area contributed by atoms with E-state index >= 15 is 0 Å². The molecular formula is C18H23N3O5S. The number of thiophene rings is 1. The molecule has 0 saturated carbocycles. The van der Waals surface area contributed by atoms with Crippen LogP contribution in [0.5, 0.6) is 5.75 Å². The highest BCUT2D eigenvalue weighted by Gasteiger charge is 2.16. The Labute approximate surface area is 161 Å². The standard InChI is InChI=1S/C18H23N3O5S/c1-11-9-12(3-4-14(11)26-8-7-25-6-5-24-2)15-10-13(16(19)22)17(27-15)21-18(20)23/h3-4,9-10H,5-8H2,1-2H3,(H2,19,22)(H3,20,21,23). The predicted octanol–water partition coefficient (Wildman–Crippen LogP) is 2.35. The Morgan fingerprint density at radius 2 is 1.85 bits per heavy atom. The van der Waals surface area contributed by atoms with Crippen LogP contribution in [0.3, 0.4) is 0 Å². The number of benzene rings is 1. The molecule has 27 heavy (non-hydrogen) atoms. The van der Waals surface area contributed by atoms with E-state index in [1.54, 1.807) is 13.2 Å². The largest absolute Gasteiger partial charge is 0.491 e. The number of hydrogen-bond donors (Lipinski definition) is 3. The van der Waals surface area contributed by atoms with Crippen LogP contribution in [0, 0.1) is 6.92 Å². The summed E-state index contributed by atoms with van der Waals surface area (Å²) >= 11 is 1.23. The molecule has 0 aliphatic rings. The molecule has 1 heterocycles. The summed E-state index contributed by atoms with van der Waals surface area (Å²) in [5.74, 6) is 0.114. The first-order valence-electron chi connectivity index (χ1n) is 8.23. The molecule has 5 N–H and O–H groups in total. The maximum Gasteiger partial charge on any atom is 0.317 e. The van der Waals surface area contributed by atoms with E-state index in [1.165, 1.54) is 11.3 Å². The van der Waals surface area contributed by atoms with E-state index in [1.807, 2.05) is 25.1 Å². The number of amides is 3. The van der Waals surface area contributed by atoms with E-state index in [0.717, 1.165) is 21.8 Å². The molecule has 0 aliphatic carbocycles. The van der Waals surface area contributed by atoms with Crippen molar-refractivity contribution in [3.05, 3.63) is 35.4 Å². The zero-order valence-electron chi connectivity index (χ0n) is 15.2. The Bertz CT molecular complexity index is 806. The van der Waals surface area contributed by atoms with Gasteiger partial charge in [-0.25, -0.2) is 4.79 Å². The number of nitrogens with two attached hydrogens (primary N) is 2. The van der Waals surface area contributed by atoms with Crippen LogP contribution in [0.25, 0.3) is 10.4 Å². The second-order valence-electron chi connectivity index (χ2n) is 5.64. The quantitative estimate of drug-likeness (QED) is 0.534. The first-order valence-corrected chi connectivity index (χ1v) is 9.04. The Kier molecular flexibility index (Phi) is 7.59. The third-order valence-corrected chi connectivity index (χ3v) is 4.71. The molecule has 8 nitrogen and oxygen atoms in total. The van der Waals surface area contributed by atoms with Gasteiger partial charge < -0.3 is 25.7 Å². The molecule has 2 aromatic rings. The average molecular weight is 393 g/mol. The fourth-order valence-electron chi connectivity index (χ4n) is 2.34. The molecule has 0 aliphatic heterocycles. The van der Waals surface area contributed by atoms with Crippen molar-refractivity contribution in [3.8, 4) is 16.2 Å². The molecule has 0 spiro atoms. The van der Waals surface area contributed by atoms with Crippen molar-refractivity contribution >= 4 is 28.3 Å². The summed E-state index contributed by atoms with van der Waals surface area (Å²) in [5, 5.41) is 2.76. The van der Waals surface area contributed by atoms with Crippen LogP contribution < -0.4 is 21.5 Å². The number of carbonyl (C=O) groups excluding carboxylic acids is 2. The van der Waals surface area contributed by atoms with E-state index in [9.17, 15) is 9.59 Å². The van der Waals surface area contributed by atoms with Crippen molar-refractivity contribution in [1.29, 1.82) is 0 Å². The highest BCUT2D eigenvalue weighted by molar-refractivity contribution is 7.20. The number of methoxy groups -OCH3 is 1. The summed E-state index contributed by atoms with van der Waals surface area (Å²) in [6, 6.07) is 6.55. The molecule has 0 unspecified atom stereocenters. The first-order chi connectivity index (χ1) is 12.9. The summed E-state index contributed by atoms with van der Waals surface area (Å²) in [6.07, 6.45) is 0. The molecular weight excluding hydrogens is 370 g/mol. The van der Waals surface area contributed by atoms with Crippen LogP contribution in [-0.2, 0) is 9.47 Å². The summed E-state index contributed by atoms with van der Waals surface area (Å²) in [5.41, 5.74) is 12.5. The molecule has 146 valence electrons. The van der Waals surface area contributed by atoms with Gasteiger partial charge in [-0.15, -0.1) is 11.3 Å². The van der Waals surface area contributed by atoms with E-state index < -0.39 is 11.9 Å². The van der Waals surface area contributed by atoms with Gasteiger partial charge in [0.1, 0.15) is 17.4 Å². The first kappa shape index (κ1) is 20.7. The number of nitrogens with one attached hydrogen (secondary N) is 1.